The summed E-state index contributed by atoms with van der Waals surface area (Å²) in [5.74, 6) is 2.39. The Hall–Kier alpha value is -1.61. The van der Waals surface area contributed by atoms with Gasteiger partial charge in [-0.1, -0.05) is 12.6 Å². The van der Waals surface area contributed by atoms with E-state index < -0.39 is 0 Å². The Morgan fingerprint density at radius 1 is 1.38 bits per heavy atom. The van der Waals surface area contributed by atoms with Gasteiger partial charge in [-0.2, -0.15) is 0 Å². The van der Waals surface area contributed by atoms with Crippen molar-refractivity contribution in [1.29, 1.82) is 0 Å². The van der Waals surface area contributed by atoms with Crippen molar-refractivity contribution >= 4 is 5.78 Å². The van der Waals surface area contributed by atoms with E-state index in [1.807, 2.05) is 0 Å². The van der Waals surface area contributed by atoms with Crippen LogP contribution in [-0.4, -0.2) is 36.9 Å². The van der Waals surface area contributed by atoms with Crippen LogP contribution in [0.5, 0.6) is 5.75 Å². The SMILES string of the molecule is C=C1C(=O)C[C@]23CCN(CC4CC4)[C@H](Cc4ccc(OC)cc42)[C@H]13. The van der Waals surface area contributed by atoms with E-state index in [4.69, 9.17) is 4.74 Å². The van der Waals surface area contributed by atoms with Gasteiger partial charge in [-0.15, -0.1) is 0 Å². The first-order valence-corrected chi connectivity index (χ1v) is 9.26. The van der Waals surface area contributed by atoms with Gasteiger partial charge in [0.15, 0.2) is 5.78 Å². The van der Waals surface area contributed by atoms with Gasteiger partial charge in [0.25, 0.3) is 0 Å². The number of carbonyl (C=O) groups is 1. The van der Waals surface area contributed by atoms with Gasteiger partial charge in [0.2, 0.25) is 0 Å². The molecule has 1 aliphatic heterocycles. The number of piperidine rings is 1. The number of ketones is 1. The first-order valence-electron chi connectivity index (χ1n) is 9.26. The van der Waals surface area contributed by atoms with E-state index in [0.717, 1.165) is 36.6 Å². The van der Waals surface area contributed by atoms with Crippen LogP contribution < -0.4 is 4.74 Å². The van der Waals surface area contributed by atoms with Gasteiger partial charge in [-0.3, -0.25) is 9.69 Å². The number of methoxy groups -OCH3 is 1. The van der Waals surface area contributed by atoms with E-state index in [1.54, 1.807) is 7.11 Å². The van der Waals surface area contributed by atoms with E-state index in [-0.39, 0.29) is 11.2 Å². The van der Waals surface area contributed by atoms with Gasteiger partial charge in [0, 0.05) is 30.3 Å². The Morgan fingerprint density at radius 2 is 2.21 bits per heavy atom. The molecule has 1 heterocycles. The van der Waals surface area contributed by atoms with Crippen molar-refractivity contribution in [3.63, 3.8) is 0 Å². The minimum Gasteiger partial charge on any atom is -0.497 e. The lowest BCUT2D eigenvalue weighted by Gasteiger charge is -2.54. The lowest BCUT2D eigenvalue weighted by Crippen LogP contribution is -2.58. The molecule has 1 aromatic rings. The Balaban J connectivity index is 1.63. The molecule has 3 nitrogen and oxygen atoms in total. The predicted molar refractivity (Wildman–Crippen MR) is 93.3 cm³/mol. The third kappa shape index (κ3) is 1.91. The number of ether oxygens (including phenoxy) is 1. The number of hydrogen-bond donors (Lipinski definition) is 0. The van der Waals surface area contributed by atoms with Gasteiger partial charge < -0.3 is 4.74 Å². The molecular formula is C21H25NO2. The first kappa shape index (κ1) is 14.7. The van der Waals surface area contributed by atoms with Crippen molar-refractivity contribution in [3.05, 3.63) is 41.5 Å². The van der Waals surface area contributed by atoms with E-state index in [1.165, 1.54) is 30.5 Å². The minimum absolute atomic E-state index is 0.0268. The lowest BCUT2D eigenvalue weighted by molar-refractivity contribution is -0.115. The second-order valence-corrected chi connectivity index (χ2v) is 8.24. The van der Waals surface area contributed by atoms with Crippen LogP contribution in [0.15, 0.2) is 30.4 Å². The number of nitrogens with zero attached hydrogens (tertiary/aromatic N) is 1. The van der Waals surface area contributed by atoms with Crippen LogP contribution in [-0.2, 0) is 16.6 Å². The highest BCUT2D eigenvalue weighted by atomic mass is 16.5. The second-order valence-electron chi connectivity index (χ2n) is 8.24. The molecule has 0 aromatic heterocycles. The van der Waals surface area contributed by atoms with Crippen molar-refractivity contribution in [2.75, 3.05) is 20.2 Å². The largest absolute Gasteiger partial charge is 0.497 e. The summed E-state index contributed by atoms with van der Waals surface area (Å²) in [5, 5.41) is 0. The Kier molecular flexibility index (Phi) is 3.03. The van der Waals surface area contributed by atoms with Gasteiger partial charge in [0.1, 0.15) is 5.75 Å². The minimum atomic E-state index is -0.0268. The predicted octanol–water partition coefficient (Wildman–Crippen LogP) is 3.12. The number of Topliss-reactive ketones (excluding diaryl/α,β-unsaturated/α-hetero) is 1. The molecule has 2 saturated carbocycles. The van der Waals surface area contributed by atoms with Crippen LogP contribution in [0.4, 0.5) is 0 Å². The maximum atomic E-state index is 12.6. The molecule has 4 aliphatic rings. The van der Waals surface area contributed by atoms with Crippen molar-refractivity contribution < 1.29 is 9.53 Å². The fourth-order valence-corrected chi connectivity index (χ4v) is 5.63. The molecule has 0 spiro atoms. The van der Waals surface area contributed by atoms with Crippen molar-refractivity contribution in [3.8, 4) is 5.75 Å². The van der Waals surface area contributed by atoms with Gasteiger partial charge in [-0.05, 0) is 67.0 Å². The smallest absolute Gasteiger partial charge is 0.159 e. The Labute approximate surface area is 143 Å². The molecule has 126 valence electrons. The molecule has 0 radical (unpaired) electrons. The number of carbonyl (C=O) groups excluding carboxylic acids is 1. The third-order valence-electron chi connectivity index (χ3n) is 6.98. The first-order chi connectivity index (χ1) is 11.6. The molecule has 3 fully saturated rings. The van der Waals surface area contributed by atoms with Crippen LogP contribution in [0.25, 0.3) is 0 Å². The molecule has 1 aromatic carbocycles. The zero-order valence-corrected chi connectivity index (χ0v) is 14.4. The zero-order chi connectivity index (χ0) is 16.5. The summed E-state index contributed by atoms with van der Waals surface area (Å²) in [5.41, 5.74) is 3.64. The van der Waals surface area contributed by atoms with E-state index in [9.17, 15) is 4.79 Å². The van der Waals surface area contributed by atoms with Crippen molar-refractivity contribution in [2.24, 2.45) is 11.8 Å². The van der Waals surface area contributed by atoms with E-state index >= 15 is 0 Å². The molecule has 0 N–H and O–H groups in total. The fourth-order valence-electron chi connectivity index (χ4n) is 5.63. The average Bonchev–Trinajstić information content (AvgIpc) is 3.36. The summed E-state index contributed by atoms with van der Waals surface area (Å²) in [6.07, 6.45) is 5.53. The molecule has 0 amide bonds. The number of fused-ring (bicyclic) bond motifs is 1. The second kappa shape index (κ2) is 4.95. The molecule has 3 heteroatoms. The standard InChI is InChI=1S/C21H25NO2/c1-13-19(23)11-21-7-8-22(12-14-3-4-14)18(20(13)21)9-15-5-6-16(24-2)10-17(15)21/h5-6,10,14,18,20H,1,3-4,7-9,11-12H2,2H3/t18-,20+,21-/m1/s1. The molecule has 2 bridgehead atoms. The topological polar surface area (TPSA) is 29.5 Å². The fraction of sp³-hybridized carbons (Fsp3) is 0.571. The summed E-state index contributed by atoms with van der Waals surface area (Å²) in [6.45, 7) is 6.57. The van der Waals surface area contributed by atoms with Gasteiger partial charge >= 0.3 is 0 Å². The molecule has 3 aliphatic carbocycles. The summed E-state index contributed by atoms with van der Waals surface area (Å²) >= 11 is 0. The van der Waals surface area contributed by atoms with Crippen LogP contribution in [0, 0.1) is 11.8 Å². The van der Waals surface area contributed by atoms with Gasteiger partial charge in [0.05, 0.1) is 7.11 Å². The Bertz CT molecular complexity index is 735. The highest BCUT2D eigenvalue weighted by Gasteiger charge is 2.59. The zero-order valence-electron chi connectivity index (χ0n) is 14.4. The normalized spacial score (nSPS) is 34.9. The molecule has 3 atom stereocenters. The van der Waals surface area contributed by atoms with Crippen molar-refractivity contribution in [1.82, 2.24) is 4.90 Å². The maximum absolute atomic E-state index is 12.6. The molecular weight excluding hydrogens is 298 g/mol. The van der Waals surface area contributed by atoms with E-state index in [0.29, 0.717) is 18.4 Å². The highest BCUT2D eigenvalue weighted by Crippen LogP contribution is 2.58. The van der Waals surface area contributed by atoms with Crippen LogP contribution in [0.2, 0.25) is 0 Å². The lowest BCUT2D eigenvalue weighted by atomic mass is 9.58. The number of hydrogen-bond acceptors (Lipinski definition) is 3. The highest BCUT2D eigenvalue weighted by molar-refractivity contribution is 6.00. The summed E-state index contributed by atoms with van der Waals surface area (Å²) in [7, 11) is 1.72. The molecule has 1 saturated heterocycles. The van der Waals surface area contributed by atoms with Crippen LogP contribution in [0.3, 0.4) is 0 Å². The Morgan fingerprint density at radius 3 is 2.96 bits per heavy atom. The monoisotopic (exact) mass is 323 g/mol. The third-order valence-corrected chi connectivity index (χ3v) is 6.98. The van der Waals surface area contributed by atoms with Crippen molar-refractivity contribution in [2.45, 2.75) is 43.6 Å². The maximum Gasteiger partial charge on any atom is 0.159 e. The molecule has 0 unspecified atom stereocenters. The number of likely N-dealkylation sites (tertiary alicyclic amines) is 1. The molecule has 24 heavy (non-hydrogen) atoms. The number of rotatable bonds is 3. The van der Waals surface area contributed by atoms with E-state index in [2.05, 4.69) is 29.7 Å². The summed E-state index contributed by atoms with van der Waals surface area (Å²) < 4.78 is 5.48. The quantitative estimate of drug-likeness (QED) is 0.801. The molecule has 5 rings (SSSR count). The number of benzene rings is 1. The summed E-state index contributed by atoms with van der Waals surface area (Å²) in [6, 6.07) is 6.95. The summed E-state index contributed by atoms with van der Waals surface area (Å²) in [4.78, 5) is 15.3. The van der Waals surface area contributed by atoms with Crippen LogP contribution >= 0.6 is 0 Å². The average molecular weight is 323 g/mol. The van der Waals surface area contributed by atoms with Crippen LogP contribution in [0.1, 0.15) is 36.8 Å². The van der Waals surface area contributed by atoms with Gasteiger partial charge in [-0.25, -0.2) is 0 Å².